The van der Waals surface area contributed by atoms with Crippen molar-refractivity contribution in [1.29, 1.82) is 0 Å². The molecule has 0 atom stereocenters. The zero-order valence-electron chi connectivity index (χ0n) is 14.8. The SMILES string of the molecule is Cc1cc(C(=O)Nc2ccc3[nH]c(=O)[nH]c3c2)c(C)n1-c1ccc(Br)cc1. The van der Waals surface area contributed by atoms with Gasteiger partial charge in [-0.2, -0.15) is 0 Å². The highest BCUT2D eigenvalue weighted by molar-refractivity contribution is 9.10. The van der Waals surface area contributed by atoms with E-state index < -0.39 is 0 Å². The van der Waals surface area contributed by atoms with Crippen LogP contribution in [0.1, 0.15) is 21.7 Å². The summed E-state index contributed by atoms with van der Waals surface area (Å²) in [6.07, 6.45) is 0. The summed E-state index contributed by atoms with van der Waals surface area (Å²) in [5.74, 6) is -0.191. The van der Waals surface area contributed by atoms with Gasteiger partial charge in [-0.1, -0.05) is 15.9 Å². The predicted octanol–water partition coefficient (Wildman–Crippen LogP) is 4.28. The van der Waals surface area contributed by atoms with Crippen LogP contribution in [-0.4, -0.2) is 20.4 Å². The number of amides is 1. The largest absolute Gasteiger partial charge is 0.323 e. The molecule has 2 heterocycles. The van der Waals surface area contributed by atoms with Crippen molar-refractivity contribution in [2.24, 2.45) is 0 Å². The Morgan fingerprint density at radius 2 is 1.70 bits per heavy atom. The smallest absolute Gasteiger partial charge is 0.322 e. The molecule has 0 aliphatic carbocycles. The van der Waals surface area contributed by atoms with E-state index in [9.17, 15) is 9.59 Å². The summed E-state index contributed by atoms with van der Waals surface area (Å²) < 4.78 is 3.05. The van der Waals surface area contributed by atoms with Crippen LogP contribution in [0.4, 0.5) is 5.69 Å². The van der Waals surface area contributed by atoms with Gasteiger partial charge >= 0.3 is 5.69 Å². The van der Waals surface area contributed by atoms with Gasteiger partial charge in [-0.05, 0) is 62.4 Å². The van der Waals surface area contributed by atoms with Gasteiger partial charge in [0.25, 0.3) is 5.91 Å². The first-order valence-electron chi connectivity index (χ1n) is 8.40. The van der Waals surface area contributed by atoms with Gasteiger partial charge < -0.3 is 19.9 Å². The average molecular weight is 425 g/mol. The van der Waals surface area contributed by atoms with Gasteiger partial charge in [-0.3, -0.25) is 4.79 Å². The van der Waals surface area contributed by atoms with Crippen molar-refractivity contribution in [1.82, 2.24) is 14.5 Å². The second-order valence-electron chi connectivity index (χ2n) is 6.39. The zero-order valence-corrected chi connectivity index (χ0v) is 16.3. The molecule has 1 amide bonds. The number of hydrogen-bond donors (Lipinski definition) is 3. The third kappa shape index (κ3) is 3.21. The van der Waals surface area contributed by atoms with E-state index in [2.05, 4.69) is 31.2 Å². The number of rotatable bonds is 3. The Kier molecular flexibility index (Phi) is 4.24. The number of imidazole rings is 1. The Morgan fingerprint density at radius 1 is 1.00 bits per heavy atom. The normalized spacial score (nSPS) is 11.1. The van der Waals surface area contributed by atoms with E-state index >= 15 is 0 Å². The topological polar surface area (TPSA) is 82.7 Å². The summed E-state index contributed by atoms with van der Waals surface area (Å²) >= 11 is 3.44. The Balaban J connectivity index is 1.66. The molecule has 0 fully saturated rings. The van der Waals surface area contributed by atoms with Crippen LogP contribution >= 0.6 is 15.9 Å². The number of aromatic amines is 2. The lowest BCUT2D eigenvalue weighted by atomic mass is 10.2. The van der Waals surface area contributed by atoms with E-state index in [1.165, 1.54) is 0 Å². The first-order chi connectivity index (χ1) is 12.9. The molecular weight excluding hydrogens is 408 g/mol. The number of aryl methyl sites for hydroxylation is 1. The van der Waals surface area contributed by atoms with Gasteiger partial charge in [-0.25, -0.2) is 4.79 Å². The van der Waals surface area contributed by atoms with Crippen molar-refractivity contribution >= 4 is 38.6 Å². The molecule has 3 N–H and O–H groups in total. The molecule has 0 spiro atoms. The standard InChI is InChI=1S/C20H17BrN4O2/c1-11-9-16(12(2)25(11)15-6-3-13(21)4-7-15)19(26)22-14-5-8-17-18(10-14)24-20(27)23-17/h3-10H,1-2H3,(H,22,26)(H2,23,24,27). The van der Waals surface area contributed by atoms with Gasteiger partial charge in [0, 0.05) is 27.2 Å². The van der Waals surface area contributed by atoms with Crippen LogP contribution in [0.5, 0.6) is 0 Å². The van der Waals surface area contributed by atoms with E-state index in [1.807, 2.05) is 48.7 Å². The number of carbonyl (C=O) groups excluding carboxylic acids is 1. The summed E-state index contributed by atoms with van der Waals surface area (Å²) in [5, 5.41) is 2.91. The quantitative estimate of drug-likeness (QED) is 0.458. The highest BCUT2D eigenvalue weighted by atomic mass is 79.9. The van der Waals surface area contributed by atoms with Crippen molar-refractivity contribution in [3.05, 3.63) is 80.4 Å². The Labute approximate surface area is 163 Å². The second-order valence-corrected chi connectivity index (χ2v) is 7.31. The summed E-state index contributed by atoms with van der Waals surface area (Å²) in [5.41, 5.74) is 5.15. The Morgan fingerprint density at radius 3 is 2.44 bits per heavy atom. The minimum atomic E-state index is -0.272. The lowest BCUT2D eigenvalue weighted by molar-refractivity contribution is 0.102. The van der Waals surface area contributed by atoms with Crippen molar-refractivity contribution in [3.63, 3.8) is 0 Å². The van der Waals surface area contributed by atoms with Crippen LogP contribution in [0, 0.1) is 13.8 Å². The minimum absolute atomic E-state index is 0.191. The van der Waals surface area contributed by atoms with Crippen molar-refractivity contribution in [2.45, 2.75) is 13.8 Å². The summed E-state index contributed by atoms with van der Waals surface area (Å²) in [4.78, 5) is 29.6. The van der Waals surface area contributed by atoms with E-state index in [-0.39, 0.29) is 11.6 Å². The number of anilines is 1. The van der Waals surface area contributed by atoms with Crippen LogP contribution in [0.25, 0.3) is 16.7 Å². The maximum atomic E-state index is 12.8. The highest BCUT2D eigenvalue weighted by Crippen LogP contribution is 2.23. The molecule has 0 unspecified atom stereocenters. The molecule has 2 aromatic carbocycles. The average Bonchev–Trinajstić information content (AvgIpc) is 3.14. The number of fused-ring (bicyclic) bond motifs is 1. The molecule has 7 heteroatoms. The Bertz CT molecular complexity index is 1220. The molecule has 0 saturated heterocycles. The fraction of sp³-hybridized carbons (Fsp3) is 0.100. The van der Waals surface area contributed by atoms with Crippen LogP contribution in [0.3, 0.4) is 0 Å². The molecule has 0 saturated carbocycles. The molecule has 136 valence electrons. The zero-order chi connectivity index (χ0) is 19.1. The van der Waals surface area contributed by atoms with Gasteiger partial charge in [0.15, 0.2) is 0 Å². The monoisotopic (exact) mass is 424 g/mol. The predicted molar refractivity (Wildman–Crippen MR) is 110 cm³/mol. The maximum absolute atomic E-state index is 12.8. The third-order valence-electron chi connectivity index (χ3n) is 4.53. The molecule has 6 nitrogen and oxygen atoms in total. The van der Waals surface area contributed by atoms with E-state index in [0.29, 0.717) is 22.3 Å². The first-order valence-corrected chi connectivity index (χ1v) is 9.20. The number of benzene rings is 2. The van der Waals surface area contributed by atoms with Gasteiger partial charge in [0.1, 0.15) is 0 Å². The summed E-state index contributed by atoms with van der Waals surface area (Å²) in [6, 6.07) is 15.1. The molecular formula is C20H17BrN4O2. The van der Waals surface area contributed by atoms with E-state index in [1.54, 1.807) is 18.2 Å². The number of nitrogens with one attached hydrogen (secondary N) is 3. The lowest BCUT2D eigenvalue weighted by Gasteiger charge is -2.10. The molecule has 2 aromatic heterocycles. The van der Waals surface area contributed by atoms with Crippen LogP contribution < -0.4 is 11.0 Å². The van der Waals surface area contributed by atoms with Gasteiger partial charge in [-0.15, -0.1) is 0 Å². The fourth-order valence-electron chi connectivity index (χ4n) is 3.29. The van der Waals surface area contributed by atoms with Gasteiger partial charge in [0.2, 0.25) is 0 Å². The first kappa shape index (κ1) is 17.4. The molecule has 4 rings (SSSR count). The van der Waals surface area contributed by atoms with Crippen LogP contribution in [-0.2, 0) is 0 Å². The number of H-pyrrole nitrogens is 2. The van der Waals surface area contributed by atoms with Gasteiger partial charge in [0.05, 0.1) is 16.6 Å². The Hall–Kier alpha value is -3.06. The van der Waals surface area contributed by atoms with Crippen molar-refractivity contribution in [3.8, 4) is 5.69 Å². The minimum Gasteiger partial charge on any atom is -0.322 e. The summed E-state index contributed by atoms with van der Waals surface area (Å²) in [7, 11) is 0. The van der Waals surface area contributed by atoms with Crippen LogP contribution in [0.15, 0.2) is 57.8 Å². The third-order valence-corrected chi connectivity index (χ3v) is 5.06. The number of aromatic nitrogens is 3. The molecule has 4 aromatic rings. The number of nitrogens with zero attached hydrogens (tertiary/aromatic N) is 1. The van der Waals surface area contributed by atoms with Crippen LogP contribution in [0.2, 0.25) is 0 Å². The fourth-order valence-corrected chi connectivity index (χ4v) is 3.55. The summed E-state index contributed by atoms with van der Waals surface area (Å²) in [6.45, 7) is 3.90. The maximum Gasteiger partial charge on any atom is 0.323 e. The second kappa shape index (κ2) is 6.59. The van der Waals surface area contributed by atoms with Crippen molar-refractivity contribution in [2.75, 3.05) is 5.32 Å². The number of hydrogen-bond acceptors (Lipinski definition) is 2. The lowest BCUT2D eigenvalue weighted by Crippen LogP contribution is -2.13. The molecule has 0 aliphatic heterocycles. The number of carbonyl (C=O) groups is 1. The molecule has 0 aliphatic rings. The molecule has 0 bridgehead atoms. The molecule has 27 heavy (non-hydrogen) atoms. The van der Waals surface area contributed by atoms with E-state index in [0.717, 1.165) is 21.5 Å². The molecule has 0 radical (unpaired) electrons. The number of halogens is 1. The van der Waals surface area contributed by atoms with E-state index in [4.69, 9.17) is 0 Å². The van der Waals surface area contributed by atoms with Crippen molar-refractivity contribution < 1.29 is 4.79 Å². The highest BCUT2D eigenvalue weighted by Gasteiger charge is 2.17.